The molecule has 1 fully saturated rings. The molecule has 0 aliphatic carbocycles. The molecule has 148 valence electrons. The molecule has 1 heterocycles. The van der Waals surface area contributed by atoms with Gasteiger partial charge in [-0.3, -0.25) is 19.9 Å². The van der Waals surface area contributed by atoms with Crippen LogP contribution in [-0.2, 0) is 11.3 Å². The second-order valence-electron chi connectivity index (χ2n) is 6.24. The van der Waals surface area contributed by atoms with Crippen LogP contribution in [0.25, 0.3) is 0 Å². The number of guanidine groups is 1. The number of non-ortho nitro benzene ring substituents is 1. The average Bonchev–Trinajstić information content (AvgIpc) is 3.06. The van der Waals surface area contributed by atoms with Crippen molar-refractivity contribution >= 4 is 47.2 Å². The molecular weight excluding hydrogens is 473 g/mol. The maximum Gasteiger partial charge on any atom is 0.269 e. The third-order valence-electron chi connectivity index (χ3n) is 4.34. The third-order valence-corrected chi connectivity index (χ3v) is 4.34. The molecular formula is C19H22IN5O3. The minimum absolute atomic E-state index is 0. The van der Waals surface area contributed by atoms with E-state index in [1.807, 2.05) is 36.4 Å². The second-order valence-corrected chi connectivity index (χ2v) is 6.24. The van der Waals surface area contributed by atoms with Crippen LogP contribution in [0.15, 0.2) is 59.6 Å². The first-order chi connectivity index (χ1) is 13.1. The molecule has 3 rings (SSSR count). The predicted molar refractivity (Wildman–Crippen MR) is 119 cm³/mol. The minimum atomic E-state index is -0.418. The van der Waals surface area contributed by atoms with Gasteiger partial charge in [-0.25, -0.2) is 0 Å². The first-order valence-corrected chi connectivity index (χ1v) is 8.63. The number of rotatable bonds is 5. The van der Waals surface area contributed by atoms with Crippen LogP contribution in [-0.4, -0.2) is 36.4 Å². The number of nitrogens with one attached hydrogen (secondary N) is 2. The molecule has 2 aromatic rings. The van der Waals surface area contributed by atoms with Crippen LogP contribution in [0.3, 0.4) is 0 Å². The number of carbonyl (C=O) groups is 1. The first kappa shape index (κ1) is 21.6. The molecule has 1 atom stereocenters. The number of anilines is 1. The summed E-state index contributed by atoms with van der Waals surface area (Å²) in [6.45, 7) is 0.949. The van der Waals surface area contributed by atoms with E-state index in [0.717, 1.165) is 11.3 Å². The van der Waals surface area contributed by atoms with E-state index in [1.165, 1.54) is 12.1 Å². The Bertz CT molecular complexity index is 860. The van der Waals surface area contributed by atoms with E-state index < -0.39 is 4.92 Å². The van der Waals surface area contributed by atoms with Crippen molar-refractivity contribution in [3.8, 4) is 0 Å². The fourth-order valence-corrected chi connectivity index (χ4v) is 3.02. The highest BCUT2D eigenvalue weighted by Gasteiger charge is 2.31. The third kappa shape index (κ3) is 5.41. The smallest absolute Gasteiger partial charge is 0.269 e. The first-order valence-electron chi connectivity index (χ1n) is 8.63. The van der Waals surface area contributed by atoms with Crippen molar-refractivity contribution in [1.29, 1.82) is 0 Å². The van der Waals surface area contributed by atoms with Crippen molar-refractivity contribution in [1.82, 2.24) is 10.6 Å². The van der Waals surface area contributed by atoms with Gasteiger partial charge in [-0.15, -0.1) is 24.0 Å². The molecule has 1 aliphatic heterocycles. The number of benzene rings is 2. The lowest BCUT2D eigenvalue weighted by Crippen LogP contribution is -2.44. The molecule has 1 unspecified atom stereocenters. The van der Waals surface area contributed by atoms with E-state index in [-0.39, 0.29) is 41.6 Å². The highest BCUT2D eigenvalue weighted by Crippen LogP contribution is 2.21. The van der Waals surface area contributed by atoms with Crippen molar-refractivity contribution < 1.29 is 9.72 Å². The second kappa shape index (κ2) is 10.0. The summed E-state index contributed by atoms with van der Waals surface area (Å²) in [5.74, 6) is 0.613. The number of halogens is 1. The minimum Gasteiger partial charge on any atom is -0.352 e. The van der Waals surface area contributed by atoms with Crippen LogP contribution in [0.5, 0.6) is 0 Å². The molecule has 28 heavy (non-hydrogen) atoms. The zero-order valence-electron chi connectivity index (χ0n) is 15.4. The Hall–Kier alpha value is -2.69. The lowest BCUT2D eigenvalue weighted by atomic mass is 10.2. The van der Waals surface area contributed by atoms with Crippen LogP contribution >= 0.6 is 24.0 Å². The number of para-hydroxylation sites is 1. The molecule has 1 aliphatic rings. The van der Waals surface area contributed by atoms with E-state index in [9.17, 15) is 14.9 Å². The number of hydrogen-bond donors (Lipinski definition) is 2. The fraction of sp³-hybridized carbons (Fsp3) is 0.263. The molecule has 8 nitrogen and oxygen atoms in total. The van der Waals surface area contributed by atoms with Gasteiger partial charge in [0.2, 0.25) is 5.91 Å². The Morgan fingerprint density at radius 2 is 2.00 bits per heavy atom. The molecule has 0 radical (unpaired) electrons. The summed E-state index contributed by atoms with van der Waals surface area (Å²) in [6, 6.07) is 15.9. The molecule has 1 amide bonds. The summed E-state index contributed by atoms with van der Waals surface area (Å²) in [6.07, 6.45) is 0.381. The van der Waals surface area contributed by atoms with Gasteiger partial charge in [-0.2, -0.15) is 0 Å². The Labute approximate surface area is 180 Å². The topological polar surface area (TPSA) is 99.9 Å². The molecule has 0 aromatic heterocycles. The number of aliphatic imine (C=N–C) groups is 1. The van der Waals surface area contributed by atoms with Gasteiger partial charge in [-0.05, 0) is 17.7 Å². The molecule has 0 bridgehead atoms. The quantitative estimate of drug-likeness (QED) is 0.219. The molecule has 0 spiro atoms. The van der Waals surface area contributed by atoms with Crippen LogP contribution < -0.4 is 15.5 Å². The van der Waals surface area contributed by atoms with Gasteiger partial charge in [0.25, 0.3) is 5.69 Å². The van der Waals surface area contributed by atoms with Crippen molar-refractivity contribution in [3.63, 3.8) is 0 Å². The van der Waals surface area contributed by atoms with Crippen LogP contribution in [0.4, 0.5) is 11.4 Å². The zero-order valence-corrected chi connectivity index (χ0v) is 17.7. The predicted octanol–water partition coefficient (Wildman–Crippen LogP) is 2.68. The molecule has 2 aromatic carbocycles. The number of amides is 1. The molecule has 2 N–H and O–H groups in total. The maximum atomic E-state index is 12.3. The van der Waals surface area contributed by atoms with Crippen LogP contribution in [0.2, 0.25) is 0 Å². The van der Waals surface area contributed by atoms with Gasteiger partial charge in [0.1, 0.15) is 0 Å². The summed E-state index contributed by atoms with van der Waals surface area (Å²) >= 11 is 0. The van der Waals surface area contributed by atoms with Gasteiger partial charge < -0.3 is 15.5 Å². The summed E-state index contributed by atoms with van der Waals surface area (Å²) in [7, 11) is 1.65. The van der Waals surface area contributed by atoms with E-state index >= 15 is 0 Å². The van der Waals surface area contributed by atoms with E-state index in [1.54, 1.807) is 18.0 Å². The Balaban J connectivity index is 0.00000280. The summed E-state index contributed by atoms with van der Waals surface area (Å²) < 4.78 is 0. The standard InChI is InChI=1S/C19H21N5O3.HI/c1-20-19(21-12-14-6-5-9-17(10-14)24(26)27)22-15-11-18(25)23(13-15)16-7-3-2-4-8-16;/h2-10,15H,11-13H2,1H3,(H2,20,21,22);1H. The van der Waals surface area contributed by atoms with E-state index in [2.05, 4.69) is 15.6 Å². The highest BCUT2D eigenvalue weighted by atomic mass is 127. The van der Waals surface area contributed by atoms with Crippen molar-refractivity contribution in [2.24, 2.45) is 4.99 Å². The molecule has 0 saturated carbocycles. The van der Waals surface area contributed by atoms with Gasteiger partial charge in [0, 0.05) is 44.4 Å². The highest BCUT2D eigenvalue weighted by molar-refractivity contribution is 14.0. The monoisotopic (exact) mass is 495 g/mol. The number of carbonyl (C=O) groups excluding carboxylic acids is 1. The SMILES string of the molecule is CN=C(NCc1cccc([N+](=O)[O-])c1)NC1CC(=O)N(c2ccccc2)C1.I. The number of hydrogen-bond acceptors (Lipinski definition) is 4. The van der Waals surface area contributed by atoms with E-state index in [4.69, 9.17) is 0 Å². The van der Waals surface area contributed by atoms with Crippen molar-refractivity contribution in [2.75, 3.05) is 18.5 Å². The average molecular weight is 495 g/mol. The molecule has 9 heteroatoms. The van der Waals surface area contributed by atoms with Gasteiger partial charge >= 0.3 is 0 Å². The maximum absolute atomic E-state index is 12.3. The lowest BCUT2D eigenvalue weighted by molar-refractivity contribution is -0.384. The van der Waals surface area contributed by atoms with Gasteiger partial charge in [-0.1, -0.05) is 30.3 Å². The summed E-state index contributed by atoms with van der Waals surface area (Å²) in [4.78, 5) is 28.7. The van der Waals surface area contributed by atoms with Crippen molar-refractivity contribution in [3.05, 3.63) is 70.3 Å². The lowest BCUT2D eigenvalue weighted by Gasteiger charge is -2.19. The fourth-order valence-electron chi connectivity index (χ4n) is 3.02. The van der Waals surface area contributed by atoms with Crippen LogP contribution in [0.1, 0.15) is 12.0 Å². The zero-order chi connectivity index (χ0) is 19.2. The number of nitrogens with zero attached hydrogens (tertiary/aromatic N) is 3. The largest absolute Gasteiger partial charge is 0.352 e. The summed E-state index contributed by atoms with van der Waals surface area (Å²) in [5.41, 5.74) is 1.71. The number of nitro benzene ring substituents is 1. The van der Waals surface area contributed by atoms with Gasteiger partial charge in [0.05, 0.1) is 11.0 Å². The Morgan fingerprint density at radius 1 is 1.25 bits per heavy atom. The number of nitro groups is 1. The Kier molecular flexibility index (Phi) is 7.73. The Morgan fingerprint density at radius 3 is 2.68 bits per heavy atom. The summed E-state index contributed by atoms with van der Waals surface area (Å²) in [5, 5.41) is 17.2. The van der Waals surface area contributed by atoms with Gasteiger partial charge in [0.15, 0.2) is 5.96 Å². The van der Waals surface area contributed by atoms with Crippen molar-refractivity contribution in [2.45, 2.75) is 19.0 Å². The normalized spacial score (nSPS) is 16.5. The van der Waals surface area contributed by atoms with Crippen LogP contribution in [0, 0.1) is 10.1 Å². The molecule has 1 saturated heterocycles. The van der Waals surface area contributed by atoms with E-state index in [0.29, 0.717) is 25.5 Å².